The molecule has 4 atom stereocenters. The third kappa shape index (κ3) is 14.4. The highest BCUT2D eigenvalue weighted by molar-refractivity contribution is 9.10. The minimum Gasteiger partial charge on any atom is -0.370 e. The average molecular weight is 1160 g/mol. The van der Waals surface area contributed by atoms with Crippen LogP contribution in [0.1, 0.15) is 122 Å². The Labute approximate surface area is 426 Å². The number of hydrogen-bond acceptors (Lipinski definition) is 6. The predicted octanol–water partition coefficient (Wildman–Crippen LogP) is 15.1. The minimum absolute atomic E-state index is 0.0374. The molecule has 4 fully saturated rings. The summed E-state index contributed by atoms with van der Waals surface area (Å²) in [7, 11) is 0. The summed E-state index contributed by atoms with van der Waals surface area (Å²) in [4.78, 5) is 30.0. The molecular weight excluding hydrogens is 1110 g/mol. The second kappa shape index (κ2) is 21.8. The molecule has 412 valence electrons. The van der Waals surface area contributed by atoms with E-state index in [1.54, 1.807) is 24.3 Å². The van der Waals surface area contributed by atoms with Gasteiger partial charge in [0.05, 0.1) is 0 Å². The van der Waals surface area contributed by atoms with Gasteiger partial charge in [0.25, 0.3) is 0 Å². The molecular formula is C50H47BrF18N4O2. The molecule has 2 aromatic carbocycles. The Balaban J connectivity index is 0.000000204. The van der Waals surface area contributed by atoms with Gasteiger partial charge in [0, 0.05) is 54.5 Å². The number of rotatable bonds is 11. The first-order chi connectivity index (χ1) is 34.4. The molecule has 2 unspecified atom stereocenters. The molecule has 2 aliphatic carbocycles. The van der Waals surface area contributed by atoms with E-state index in [1.165, 1.54) is 10.5 Å². The first-order valence-corrected chi connectivity index (χ1v) is 24.1. The molecule has 75 heavy (non-hydrogen) atoms. The zero-order valence-corrected chi connectivity index (χ0v) is 41.1. The molecule has 8 rings (SSSR count). The van der Waals surface area contributed by atoms with Crippen LogP contribution in [0.4, 0.5) is 84.7 Å². The lowest BCUT2D eigenvalue weighted by molar-refractivity contribution is -0.186. The third-order valence-electron chi connectivity index (χ3n) is 13.8. The molecule has 25 heteroatoms. The van der Waals surface area contributed by atoms with Crippen LogP contribution in [0.3, 0.4) is 0 Å². The van der Waals surface area contributed by atoms with Crippen molar-refractivity contribution in [2.24, 2.45) is 11.8 Å². The van der Waals surface area contributed by atoms with Gasteiger partial charge in [-0.15, -0.1) is 0 Å². The minimum atomic E-state index is -5.37. The standard InChI is InChI=1S/C25H23F9N2O.C13H15BrO.C12H9F9N2/c1-14(10-19(37)16-2-3-16)15-4-6-18(7-5-15)36-9-8-22(13-36,25(32,33)34)17-11-20(23(26,27)28)35-21(12-17)24(29,30)31;1-9(8-13(15)11-2-3-11)10-4-6-12(14)7-5-10;13-10(14,15)7-3-6(4-8(23-7)11(16,17)18)9(12(19,20)21)1-2-22-5-9/h4-7,11-12,14,16H,2-3,8-10,13H2,1H3;4-7,9,11H,2-3,8H2,1H3;3-4,22H,1-2,5H2/t14-,22?;9-;/m11./s1. The van der Waals surface area contributed by atoms with Gasteiger partial charge in [-0.05, 0) is 128 Å². The lowest BCUT2D eigenvalue weighted by Gasteiger charge is -2.33. The number of Topliss-reactive ketones (excluding diaryl/α,β-unsaturated/α-hetero) is 2. The number of nitrogens with zero attached hydrogens (tertiary/aromatic N) is 3. The number of carbonyl (C=O) groups is 2. The molecule has 4 aromatic rings. The van der Waals surface area contributed by atoms with Gasteiger partial charge in [-0.2, -0.15) is 79.0 Å². The largest absolute Gasteiger partial charge is 0.433 e. The van der Waals surface area contributed by atoms with Gasteiger partial charge in [-0.25, -0.2) is 9.97 Å². The molecule has 2 saturated carbocycles. The topological polar surface area (TPSA) is 75.2 Å². The quantitative estimate of drug-likeness (QED) is 0.151. The summed E-state index contributed by atoms with van der Waals surface area (Å²) in [6, 6.07) is 14.9. The monoisotopic (exact) mass is 1160 g/mol. The molecule has 2 aromatic heterocycles. The van der Waals surface area contributed by atoms with Gasteiger partial charge in [0.15, 0.2) is 0 Å². The van der Waals surface area contributed by atoms with Crippen molar-refractivity contribution in [3.8, 4) is 0 Å². The number of nitrogens with one attached hydrogen (secondary N) is 1. The summed E-state index contributed by atoms with van der Waals surface area (Å²) in [6.45, 7) is 1.92. The number of benzene rings is 2. The Bertz CT molecular complexity index is 2570. The molecule has 4 heterocycles. The first kappa shape index (κ1) is 59.3. The van der Waals surface area contributed by atoms with Crippen LogP contribution >= 0.6 is 15.9 Å². The number of halogens is 19. The van der Waals surface area contributed by atoms with Crippen molar-refractivity contribution in [3.63, 3.8) is 0 Å². The fraction of sp³-hybridized carbons (Fsp3) is 0.520. The van der Waals surface area contributed by atoms with Crippen LogP contribution in [0, 0.1) is 11.8 Å². The van der Waals surface area contributed by atoms with Crippen LogP contribution in [0.15, 0.2) is 77.3 Å². The van der Waals surface area contributed by atoms with E-state index in [9.17, 15) is 88.6 Å². The van der Waals surface area contributed by atoms with Crippen LogP contribution < -0.4 is 10.2 Å². The van der Waals surface area contributed by atoms with Crippen molar-refractivity contribution < 1.29 is 88.6 Å². The lowest BCUT2D eigenvalue weighted by Crippen LogP contribution is -2.45. The molecule has 0 spiro atoms. The number of pyridine rings is 2. The number of ketones is 2. The van der Waals surface area contributed by atoms with Crippen molar-refractivity contribution in [1.82, 2.24) is 15.3 Å². The summed E-state index contributed by atoms with van der Waals surface area (Å²) in [5.41, 5.74) is -13.6. The van der Waals surface area contributed by atoms with E-state index in [-0.39, 0.29) is 55.0 Å². The third-order valence-corrected chi connectivity index (χ3v) is 14.3. The summed E-state index contributed by atoms with van der Waals surface area (Å²) < 4.78 is 240. The average Bonchev–Trinajstić information content (AvgIpc) is 4.24. The van der Waals surface area contributed by atoms with E-state index < -0.39 is 108 Å². The molecule has 4 aliphatic rings. The number of anilines is 1. The lowest BCUT2D eigenvalue weighted by atomic mass is 9.78. The van der Waals surface area contributed by atoms with Crippen molar-refractivity contribution in [3.05, 3.63) is 122 Å². The first-order valence-electron chi connectivity index (χ1n) is 23.3. The Hall–Kier alpha value is -4.94. The van der Waals surface area contributed by atoms with E-state index in [1.807, 2.05) is 19.1 Å². The molecule has 2 aliphatic heterocycles. The van der Waals surface area contributed by atoms with Gasteiger partial charge in [0.1, 0.15) is 45.2 Å². The van der Waals surface area contributed by atoms with Crippen LogP contribution in [0.2, 0.25) is 0 Å². The molecule has 0 radical (unpaired) electrons. The zero-order valence-electron chi connectivity index (χ0n) is 39.6. The van der Waals surface area contributed by atoms with Gasteiger partial charge >= 0.3 is 37.1 Å². The van der Waals surface area contributed by atoms with Crippen LogP contribution in [-0.2, 0) is 45.1 Å². The normalized spacial score (nSPS) is 21.4. The fourth-order valence-electron chi connectivity index (χ4n) is 8.99. The fourth-order valence-corrected chi connectivity index (χ4v) is 9.25. The second-order valence-corrected chi connectivity index (χ2v) is 20.3. The highest BCUT2D eigenvalue weighted by Crippen LogP contribution is 2.51. The molecule has 2 saturated heterocycles. The van der Waals surface area contributed by atoms with Gasteiger partial charge in [0.2, 0.25) is 0 Å². The smallest absolute Gasteiger partial charge is 0.370 e. The van der Waals surface area contributed by atoms with Crippen LogP contribution in [0.25, 0.3) is 0 Å². The number of aromatic nitrogens is 2. The van der Waals surface area contributed by atoms with Gasteiger partial charge < -0.3 is 10.2 Å². The van der Waals surface area contributed by atoms with Gasteiger partial charge in [-0.1, -0.05) is 54.0 Å². The second-order valence-electron chi connectivity index (χ2n) is 19.3. The summed E-state index contributed by atoms with van der Waals surface area (Å²) in [5.74, 6) is 1.36. The Kier molecular flexibility index (Phi) is 17.3. The maximum atomic E-state index is 14.4. The molecule has 1 N–H and O–H groups in total. The van der Waals surface area contributed by atoms with E-state index in [0.29, 0.717) is 36.1 Å². The maximum absolute atomic E-state index is 14.4. The number of hydrogen-bond donors (Lipinski definition) is 1. The Morgan fingerprint density at radius 3 is 1.25 bits per heavy atom. The van der Waals surface area contributed by atoms with Crippen LogP contribution in [-0.4, -0.2) is 60.1 Å². The van der Waals surface area contributed by atoms with Gasteiger partial charge in [-0.3, -0.25) is 9.59 Å². The van der Waals surface area contributed by atoms with E-state index in [4.69, 9.17) is 0 Å². The summed E-state index contributed by atoms with van der Waals surface area (Å²) in [6.07, 6.45) is -27.8. The van der Waals surface area contributed by atoms with Crippen molar-refractivity contribution in [1.29, 1.82) is 0 Å². The molecule has 6 nitrogen and oxygen atoms in total. The zero-order chi connectivity index (χ0) is 55.9. The van der Waals surface area contributed by atoms with E-state index >= 15 is 0 Å². The van der Waals surface area contributed by atoms with Crippen LogP contribution in [0.5, 0.6) is 0 Å². The summed E-state index contributed by atoms with van der Waals surface area (Å²) in [5, 5.41) is 2.33. The van der Waals surface area contributed by atoms with Crippen molar-refractivity contribution >= 4 is 33.2 Å². The molecule has 0 amide bonds. The number of alkyl halides is 18. The SMILES string of the molecule is C[C@H](CC(=O)C1CC1)c1ccc(Br)cc1.C[C@H](CC(=O)C1CC1)c1ccc(N2CCC(c3cc(C(F)(F)F)nc(C(F)(F)F)c3)(C(F)(F)F)C2)cc1.FC(F)(F)c1cc(C2(C(F)(F)F)CCNC2)cc(C(F)(F)F)n1. The highest BCUT2D eigenvalue weighted by atomic mass is 79.9. The van der Waals surface area contributed by atoms with E-state index in [2.05, 4.69) is 50.3 Å². The van der Waals surface area contributed by atoms with E-state index in [0.717, 1.165) is 35.7 Å². The number of carbonyl (C=O) groups excluding carboxylic acids is 2. The maximum Gasteiger partial charge on any atom is 0.433 e. The Morgan fingerprint density at radius 2 is 0.933 bits per heavy atom. The Morgan fingerprint density at radius 1 is 0.573 bits per heavy atom. The predicted molar refractivity (Wildman–Crippen MR) is 240 cm³/mol. The van der Waals surface area contributed by atoms with Crippen molar-refractivity contribution in [2.75, 3.05) is 31.1 Å². The highest BCUT2D eigenvalue weighted by Gasteiger charge is 2.61. The molecule has 0 bridgehead atoms. The summed E-state index contributed by atoms with van der Waals surface area (Å²) >= 11 is 3.41. The van der Waals surface area contributed by atoms with Crippen molar-refractivity contribution in [2.45, 2.75) is 125 Å².